The predicted molar refractivity (Wildman–Crippen MR) is 102 cm³/mol. The molecule has 130 valence electrons. The average Bonchev–Trinajstić information content (AvgIpc) is 3.28. The number of aromatic nitrogens is 2. The van der Waals surface area contributed by atoms with Gasteiger partial charge in [0.05, 0.1) is 12.3 Å². The fourth-order valence-corrected chi connectivity index (χ4v) is 4.24. The van der Waals surface area contributed by atoms with Crippen LogP contribution in [0.2, 0.25) is 0 Å². The van der Waals surface area contributed by atoms with Crippen molar-refractivity contribution >= 4 is 11.3 Å². The third-order valence-corrected chi connectivity index (χ3v) is 5.74. The molecule has 1 aliphatic rings. The second kappa shape index (κ2) is 7.02. The lowest BCUT2D eigenvalue weighted by Crippen LogP contribution is -2.35. The van der Waals surface area contributed by atoms with Crippen molar-refractivity contribution in [2.24, 2.45) is 0 Å². The molecule has 1 atom stereocenters. The van der Waals surface area contributed by atoms with Gasteiger partial charge in [-0.1, -0.05) is 0 Å². The molecular weight excluding hydrogens is 330 g/mol. The molecule has 1 unspecified atom stereocenters. The van der Waals surface area contributed by atoms with E-state index in [1.807, 2.05) is 19.1 Å². The minimum atomic E-state index is 0.430. The van der Waals surface area contributed by atoms with Gasteiger partial charge in [0.2, 0.25) is 0 Å². The van der Waals surface area contributed by atoms with E-state index in [0.717, 1.165) is 41.6 Å². The molecule has 0 radical (unpaired) electrons. The first kappa shape index (κ1) is 16.4. The number of hydrogen-bond donors (Lipinski definition) is 0. The lowest BCUT2D eigenvalue weighted by molar-refractivity contribution is 0.159. The van der Waals surface area contributed by atoms with Crippen molar-refractivity contribution in [2.75, 3.05) is 13.2 Å². The van der Waals surface area contributed by atoms with Crippen LogP contribution >= 0.6 is 11.3 Å². The summed E-state index contributed by atoms with van der Waals surface area (Å²) in [4.78, 5) is 7.36. The quantitative estimate of drug-likeness (QED) is 0.672. The van der Waals surface area contributed by atoms with Gasteiger partial charge in [0, 0.05) is 48.5 Å². The summed E-state index contributed by atoms with van der Waals surface area (Å²) in [6.45, 7) is 8.00. The largest absolute Gasteiger partial charge is 0.494 e. The Bertz CT molecular complexity index is 837. The number of ether oxygens (including phenoxy) is 1. The van der Waals surface area contributed by atoms with Crippen molar-refractivity contribution < 1.29 is 4.74 Å². The normalized spacial score (nSPS) is 17.4. The molecular formula is C20H23N3OS. The van der Waals surface area contributed by atoms with Crippen LogP contribution in [-0.2, 0) is 13.1 Å². The Balaban J connectivity index is 1.46. The van der Waals surface area contributed by atoms with Gasteiger partial charge in [-0.3, -0.25) is 4.90 Å². The van der Waals surface area contributed by atoms with Gasteiger partial charge in [-0.2, -0.15) is 0 Å². The Labute approximate surface area is 152 Å². The summed E-state index contributed by atoms with van der Waals surface area (Å²) in [5, 5.41) is 3.26. The summed E-state index contributed by atoms with van der Waals surface area (Å²) in [5.41, 5.74) is 3.70. The lowest BCUT2D eigenvalue weighted by atomic mass is 10.1. The van der Waals surface area contributed by atoms with E-state index in [2.05, 4.69) is 52.2 Å². The highest BCUT2D eigenvalue weighted by Gasteiger charge is 2.24. The molecule has 0 N–H and O–H groups in total. The van der Waals surface area contributed by atoms with Gasteiger partial charge in [-0.15, -0.1) is 11.3 Å². The number of hydrogen-bond acceptors (Lipinski definition) is 4. The molecule has 1 aliphatic heterocycles. The van der Waals surface area contributed by atoms with Gasteiger partial charge in [0.25, 0.3) is 0 Å². The van der Waals surface area contributed by atoms with E-state index in [1.54, 1.807) is 11.3 Å². The van der Waals surface area contributed by atoms with Gasteiger partial charge >= 0.3 is 0 Å². The number of fused-ring (bicyclic) bond motifs is 1. The number of rotatable bonds is 5. The smallest absolute Gasteiger partial charge is 0.123 e. The standard InChI is InChI=1S/C20H23N3OS/c1-3-24-18-8-6-16(7-9-18)20-21-17(14-25-20)13-23-12-11-22-10-4-5-19(22)15(23)2/h4-10,14-15H,3,11-13H2,1-2H3. The summed E-state index contributed by atoms with van der Waals surface area (Å²) >= 11 is 1.72. The SMILES string of the molecule is CCOc1ccc(-c2nc(CN3CCn4cccc4C3C)cs2)cc1. The molecule has 3 heterocycles. The van der Waals surface area contributed by atoms with Gasteiger partial charge < -0.3 is 9.30 Å². The van der Waals surface area contributed by atoms with Crippen LogP contribution in [0.15, 0.2) is 48.0 Å². The second-order valence-corrected chi connectivity index (χ2v) is 7.23. The van der Waals surface area contributed by atoms with E-state index in [1.165, 1.54) is 5.69 Å². The summed E-state index contributed by atoms with van der Waals surface area (Å²) in [7, 11) is 0. The first-order valence-corrected chi connectivity index (χ1v) is 9.69. The molecule has 0 fully saturated rings. The van der Waals surface area contributed by atoms with Gasteiger partial charge in [0.15, 0.2) is 0 Å². The molecule has 2 aromatic heterocycles. The molecule has 0 saturated carbocycles. The highest BCUT2D eigenvalue weighted by Crippen LogP contribution is 2.29. The van der Waals surface area contributed by atoms with Crippen molar-refractivity contribution in [2.45, 2.75) is 33.0 Å². The fourth-order valence-electron chi connectivity index (χ4n) is 3.42. The maximum Gasteiger partial charge on any atom is 0.123 e. The van der Waals surface area contributed by atoms with Crippen LogP contribution in [-0.4, -0.2) is 27.6 Å². The summed E-state index contributed by atoms with van der Waals surface area (Å²) in [6, 6.07) is 13.0. The molecule has 3 aromatic rings. The Morgan fingerprint density at radius 3 is 2.84 bits per heavy atom. The third-order valence-electron chi connectivity index (χ3n) is 4.80. The maximum absolute atomic E-state index is 5.51. The zero-order valence-electron chi connectivity index (χ0n) is 14.7. The Hall–Kier alpha value is -2.11. The van der Waals surface area contributed by atoms with Gasteiger partial charge in [0.1, 0.15) is 10.8 Å². The number of benzene rings is 1. The van der Waals surface area contributed by atoms with Crippen molar-refractivity contribution in [1.82, 2.24) is 14.5 Å². The Morgan fingerprint density at radius 1 is 1.20 bits per heavy atom. The molecule has 4 rings (SSSR count). The predicted octanol–water partition coefficient (Wildman–Crippen LogP) is 4.59. The average molecular weight is 353 g/mol. The summed E-state index contributed by atoms with van der Waals surface area (Å²) < 4.78 is 7.87. The Kier molecular flexibility index (Phi) is 4.59. The zero-order chi connectivity index (χ0) is 17.2. The molecule has 0 amide bonds. The summed E-state index contributed by atoms with van der Waals surface area (Å²) in [5.74, 6) is 0.910. The van der Waals surface area contributed by atoms with E-state index < -0.39 is 0 Å². The van der Waals surface area contributed by atoms with Crippen molar-refractivity contribution in [3.05, 3.63) is 59.4 Å². The Morgan fingerprint density at radius 2 is 2.04 bits per heavy atom. The number of nitrogens with zero attached hydrogens (tertiary/aromatic N) is 3. The molecule has 0 bridgehead atoms. The van der Waals surface area contributed by atoms with Crippen LogP contribution in [0.3, 0.4) is 0 Å². The molecule has 0 aliphatic carbocycles. The van der Waals surface area contributed by atoms with Crippen LogP contribution in [0, 0.1) is 0 Å². The number of thiazole rings is 1. The molecule has 0 saturated heterocycles. The van der Waals surface area contributed by atoms with Crippen molar-refractivity contribution in [3.8, 4) is 16.3 Å². The highest BCUT2D eigenvalue weighted by atomic mass is 32.1. The van der Waals surface area contributed by atoms with Crippen molar-refractivity contribution in [1.29, 1.82) is 0 Å². The molecule has 0 spiro atoms. The van der Waals surface area contributed by atoms with E-state index in [9.17, 15) is 0 Å². The third kappa shape index (κ3) is 3.34. The first-order valence-electron chi connectivity index (χ1n) is 8.81. The second-order valence-electron chi connectivity index (χ2n) is 6.37. The van der Waals surface area contributed by atoms with E-state index in [0.29, 0.717) is 12.6 Å². The molecule has 5 heteroatoms. The van der Waals surface area contributed by atoms with E-state index in [4.69, 9.17) is 9.72 Å². The van der Waals surface area contributed by atoms with E-state index in [-0.39, 0.29) is 0 Å². The molecule has 4 nitrogen and oxygen atoms in total. The highest BCUT2D eigenvalue weighted by molar-refractivity contribution is 7.13. The monoisotopic (exact) mass is 353 g/mol. The lowest BCUT2D eigenvalue weighted by Gasteiger charge is -2.34. The first-order chi connectivity index (χ1) is 12.2. The fraction of sp³-hybridized carbons (Fsp3) is 0.350. The minimum Gasteiger partial charge on any atom is -0.494 e. The van der Waals surface area contributed by atoms with Crippen LogP contribution in [0.1, 0.15) is 31.3 Å². The topological polar surface area (TPSA) is 30.3 Å². The van der Waals surface area contributed by atoms with E-state index >= 15 is 0 Å². The van der Waals surface area contributed by atoms with Crippen LogP contribution < -0.4 is 4.74 Å². The minimum absolute atomic E-state index is 0.430. The molecule has 25 heavy (non-hydrogen) atoms. The van der Waals surface area contributed by atoms with Crippen LogP contribution in [0.4, 0.5) is 0 Å². The maximum atomic E-state index is 5.51. The molecule has 1 aromatic carbocycles. The van der Waals surface area contributed by atoms with Crippen LogP contribution in [0.25, 0.3) is 10.6 Å². The zero-order valence-corrected chi connectivity index (χ0v) is 15.5. The van der Waals surface area contributed by atoms with Crippen molar-refractivity contribution in [3.63, 3.8) is 0 Å². The summed E-state index contributed by atoms with van der Waals surface area (Å²) in [6.07, 6.45) is 2.18. The van der Waals surface area contributed by atoms with Gasteiger partial charge in [-0.05, 0) is 50.2 Å². The van der Waals surface area contributed by atoms with Crippen LogP contribution in [0.5, 0.6) is 5.75 Å². The van der Waals surface area contributed by atoms with Gasteiger partial charge in [-0.25, -0.2) is 4.98 Å².